The third-order valence-corrected chi connectivity index (χ3v) is 9.12. The van der Waals surface area contributed by atoms with E-state index in [1.807, 2.05) is 18.2 Å². The van der Waals surface area contributed by atoms with Crippen molar-refractivity contribution in [3.63, 3.8) is 0 Å². The predicted octanol–water partition coefficient (Wildman–Crippen LogP) is 4.94. The Morgan fingerprint density at radius 3 is 2.32 bits per heavy atom. The van der Waals surface area contributed by atoms with Crippen LogP contribution >= 0.6 is 11.6 Å². The smallest absolute Gasteiger partial charge is 0.417 e. The lowest BCUT2D eigenvalue weighted by molar-refractivity contribution is -0.137. The molecule has 0 saturated carbocycles. The van der Waals surface area contributed by atoms with Crippen LogP contribution in [-0.2, 0) is 27.5 Å². The van der Waals surface area contributed by atoms with Crippen molar-refractivity contribution < 1.29 is 35.9 Å². The van der Waals surface area contributed by atoms with E-state index in [2.05, 4.69) is 4.90 Å². The highest BCUT2D eigenvalue weighted by atomic mass is 35.5. The number of hydrogen-bond acceptors (Lipinski definition) is 6. The fourth-order valence-corrected chi connectivity index (χ4v) is 6.34. The number of piperazine rings is 1. The van der Waals surface area contributed by atoms with Gasteiger partial charge in [0, 0.05) is 32.7 Å². The van der Waals surface area contributed by atoms with Gasteiger partial charge in [-0.25, -0.2) is 8.42 Å². The number of alkyl halides is 3. The minimum absolute atomic E-state index is 0.145. The van der Waals surface area contributed by atoms with Crippen LogP contribution in [0.15, 0.2) is 65.6 Å². The van der Waals surface area contributed by atoms with Gasteiger partial charge in [-0.1, -0.05) is 35.4 Å². The molecule has 13 heteroatoms. The zero-order valence-corrected chi connectivity index (χ0v) is 23.6. The van der Waals surface area contributed by atoms with Gasteiger partial charge in [-0.3, -0.25) is 14.0 Å². The number of amides is 1. The summed E-state index contributed by atoms with van der Waals surface area (Å²) in [6.07, 6.45) is -4.81. The Balaban J connectivity index is 1.33. The number of hydrogen-bond donors (Lipinski definition) is 0. The molecule has 0 spiro atoms. The fraction of sp³-hybridized carbons (Fsp3) is 0.321. The second kappa shape index (κ2) is 11.4. The van der Waals surface area contributed by atoms with Gasteiger partial charge in [-0.15, -0.1) is 0 Å². The average molecular weight is 610 g/mol. The van der Waals surface area contributed by atoms with E-state index in [0.29, 0.717) is 54.6 Å². The van der Waals surface area contributed by atoms with E-state index in [1.165, 1.54) is 23.1 Å². The molecule has 5 rings (SSSR count). The number of nitrogens with zero attached hydrogens (tertiary/aromatic N) is 3. The highest BCUT2D eigenvalue weighted by Gasteiger charge is 2.36. The van der Waals surface area contributed by atoms with Gasteiger partial charge >= 0.3 is 6.18 Å². The van der Waals surface area contributed by atoms with Crippen LogP contribution in [0.25, 0.3) is 0 Å². The zero-order valence-electron chi connectivity index (χ0n) is 22.0. The van der Waals surface area contributed by atoms with E-state index in [9.17, 15) is 26.4 Å². The number of fused-ring (bicyclic) bond motifs is 1. The summed E-state index contributed by atoms with van der Waals surface area (Å²) in [6.45, 7) is 3.64. The molecule has 0 unspecified atom stereocenters. The van der Waals surface area contributed by atoms with Crippen molar-refractivity contribution in [2.75, 3.05) is 43.8 Å². The van der Waals surface area contributed by atoms with Gasteiger partial charge < -0.3 is 14.4 Å². The van der Waals surface area contributed by atoms with Gasteiger partial charge in [0.05, 0.1) is 21.2 Å². The first-order valence-electron chi connectivity index (χ1n) is 12.8. The van der Waals surface area contributed by atoms with Gasteiger partial charge in [0.2, 0.25) is 12.7 Å². The molecule has 2 aliphatic rings. The van der Waals surface area contributed by atoms with Crippen molar-refractivity contribution in [1.82, 2.24) is 9.80 Å². The molecule has 2 aliphatic heterocycles. The first kappa shape index (κ1) is 29.0. The summed E-state index contributed by atoms with van der Waals surface area (Å²) in [6, 6.07) is 14.4. The molecular formula is C28H27ClF3N3O5S. The van der Waals surface area contributed by atoms with Crippen LogP contribution in [0.4, 0.5) is 18.9 Å². The first-order valence-corrected chi connectivity index (χ1v) is 14.6. The first-order chi connectivity index (χ1) is 19.4. The van der Waals surface area contributed by atoms with E-state index in [-0.39, 0.29) is 17.4 Å². The molecule has 41 heavy (non-hydrogen) atoms. The number of rotatable bonds is 7. The van der Waals surface area contributed by atoms with Crippen LogP contribution in [0, 0.1) is 6.92 Å². The number of halogens is 4. The summed E-state index contributed by atoms with van der Waals surface area (Å²) >= 11 is 5.78. The molecule has 0 atom stereocenters. The second-order valence-electron chi connectivity index (χ2n) is 9.83. The van der Waals surface area contributed by atoms with Gasteiger partial charge in [0.1, 0.15) is 6.54 Å². The van der Waals surface area contributed by atoms with Gasteiger partial charge in [-0.2, -0.15) is 13.2 Å². The number of benzene rings is 3. The van der Waals surface area contributed by atoms with Crippen LogP contribution in [0.2, 0.25) is 5.02 Å². The third-order valence-electron chi connectivity index (χ3n) is 7.00. The van der Waals surface area contributed by atoms with Crippen molar-refractivity contribution >= 4 is 33.2 Å². The molecule has 1 amide bonds. The van der Waals surface area contributed by atoms with Crippen LogP contribution in [0.5, 0.6) is 11.5 Å². The van der Waals surface area contributed by atoms with Gasteiger partial charge in [0.25, 0.3) is 10.0 Å². The SMILES string of the molecule is Cc1ccc(S(=O)(=O)N(CC(=O)N2CCN(Cc3ccc4c(c3)OCO4)CC2)c2ccc(Cl)c(C(F)(F)F)c2)cc1. The molecular weight excluding hydrogens is 583 g/mol. The van der Waals surface area contributed by atoms with E-state index in [1.54, 1.807) is 19.1 Å². The van der Waals surface area contributed by atoms with Gasteiger partial charge in [0.15, 0.2) is 11.5 Å². The maximum absolute atomic E-state index is 13.7. The van der Waals surface area contributed by atoms with Crippen LogP contribution < -0.4 is 13.8 Å². The van der Waals surface area contributed by atoms with Crippen LogP contribution in [-0.4, -0.2) is 63.6 Å². The van der Waals surface area contributed by atoms with Crippen molar-refractivity contribution in [1.29, 1.82) is 0 Å². The second-order valence-corrected chi connectivity index (χ2v) is 12.1. The Morgan fingerprint density at radius 2 is 1.63 bits per heavy atom. The Kier molecular flexibility index (Phi) is 8.09. The maximum atomic E-state index is 13.7. The molecule has 8 nitrogen and oxygen atoms in total. The number of ether oxygens (including phenoxy) is 2. The van der Waals surface area contributed by atoms with Crippen molar-refractivity contribution in [3.05, 3.63) is 82.4 Å². The number of carbonyl (C=O) groups is 1. The van der Waals surface area contributed by atoms with Crippen molar-refractivity contribution in [3.8, 4) is 11.5 Å². The molecule has 218 valence electrons. The molecule has 0 radical (unpaired) electrons. The number of aryl methyl sites for hydroxylation is 1. The summed E-state index contributed by atoms with van der Waals surface area (Å²) in [5.74, 6) is 0.853. The summed E-state index contributed by atoms with van der Waals surface area (Å²) in [5, 5.41) is -0.571. The lowest BCUT2D eigenvalue weighted by Gasteiger charge is -2.36. The Labute approximate surface area is 240 Å². The summed E-state index contributed by atoms with van der Waals surface area (Å²) in [4.78, 5) is 16.9. The lowest BCUT2D eigenvalue weighted by atomic mass is 10.1. The summed E-state index contributed by atoms with van der Waals surface area (Å²) in [5.41, 5.74) is 0.325. The molecule has 0 N–H and O–H groups in total. The molecule has 1 saturated heterocycles. The monoisotopic (exact) mass is 609 g/mol. The minimum Gasteiger partial charge on any atom is -0.454 e. The van der Waals surface area contributed by atoms with E-state index in [4.69, 9.17) is 21.1 Å². The highest BCUT2D eigenvalue weighted by Crippen LogP contribution is 2.38. The molecule has 1 fully saturated rings. The van der Waals surface area contributed by atoms with E-state index >= 15 is 0 Å². The zero-order chi connectivity index (χ0) is 29.4. The average Bonchev–Trinajstić information content (AvgIpc) is 3.40. The van der Waals surface area contributed by atoms with E-state index < -0.39 is 39.2 Å². The molecule has 3 aromatic carbocycles. The highest BCUT2D eigenvalue weighted by molar-refractivity contribution is 7.92. The third kappa shape index (κ3) is 6.39. The largest absolute Gasteiger partial charge is 0.454 e. The van der Waals surface area contributed by atoms with Crippen LogP contribution in [0.1, 0.15) is 16.7 Å². The van der Waals surface area contributed by atoms with Crippen LogP contribution in [0.3, 0.4) is 0 Å². The molecule has 0 bridgehead atoms. The fourth-order valence-electron chi connectivity index (χ4n) is 4.71. The van der Waals surface area contributed by atoms with E-state index in [0.717, 1.165) is 17.2 Å². The number of sulfonamides is 1. The summed E-state index contributed by atoms with van der Waals surface area (Å²) < 4.78 is 79.7. The Hall–Kier alpha value is -3.48. The predicted molar refractivity (Wildman–Crippen MR) is 147 cm³/mol. The standard InChI is InChI=1S/C28H27ClF3N3O5S/c1-19-2-6-22(7-3-19)41(37,38)35(21-5-8-24(29)23(15-21)28(30,31)32)17-27(36)34-12-10-33(11-13-34)16-20-4-9-25-26(14-20)40-18-39-25/h2-9,14-15H,10-13,16-18H2,1H3. The minimum atomic E-state index is -4.81. The summed E-state index contributed by atoms with van der Waals surface area (Å²) in [7, 11) is -4.39. The normalized spacial score (nSPS) is 15.7. The van der Waals surface area contributed by atoms with Gasteiger partial charge in [-0.05, 0) is 55.0 Å². The number of carbonyl (C=O) groups excluding carboxylic acids is 1. The quantitative estimate of drug-likeness (QED) is 0.378. The molecule has 0 aliphatic carbocycles. The Bertz CT molecular complexity index is 1540. The van der Waals surface area contributed by atoms with Crippen molar-refractivity contribution in [2.24, 2.45) is 0 Å². The molecule has 3 aromatic rings. The Morgan fingerprint density at radius 1 is 0.951 bits per heavy atom. The maximum Gasteiger partial charge on any atom is 0.417 e. The molecule has 0 aromatic heterocycles. The number of anilines is 1. The topological polar surface area (TPSA) is 79.4 Å². The van der Waals surface area contributed by atoms with Crippen molar-refractivity contribution in [2.45, 2.75) is 24.5 Å². The lowest BCUT2D eigenvalue weighted by Crippen LogP contribution is -2.51. The molecule has 2 heterocycles.